The van der Waals surface area contributed by atoms with Crippen LogP contribution in [0, 0.1) is 5.41 Å². The molecule has 0 amide bonds. The average molecular weight is 527 g/mol. The van der Waals surface area contributed by atoms with Gasteiger partial charge in [-0.1, -0.05) is 60.6 Å². The largest absolute Gasteiger partial charge is 0.507 e. The van der Waals surface area contributed by atoms with Gasteiger partial charge in [-0.25, -0.2) is 0 Å². The van der Waals surface area contributed by atoms with E-state index in [1.165, 1.54) is 0 Å². The van der Waals surface area contributed by atoms with E-state index in [9.17, 15) is 9.90 Å². The predicted octanol–water partition coefficient (Wildman–Crippen LogP) is 3.89. The number of rotatable bonds is 17. The SMILES string of the molecule is CCC(COCCO)(COCCO)COCCOC(=O)CCc1cc(C(C)(C)C)c(O)c(C(C)(C)C)c1. The van der Waals surface area contributed by atoms with Crippen LogP contribution in [-0.4, -0.2) is 80.8 Å². The molecule has 0 atom stereocenters. The van der Waals surface area contributed by atoms with Gasteiger partial charge in [-0.3, -0.25) is 4.79 Å². The van der Waals surface area contributed by atoms with E-state index in [-0.39, 0.29) is 62.9 Å². The van der Waals surface area contributed by atoms with Crippen LogP contribution in [0.5, 0.6) is 5.75 Å². The Balaban J connectivity index is 2.63. The molecule has 0 saturated carbocycles. The zero-order chi connectivity index (χ0) is 28.1. The Labute approximate surface area is 223 Å². The highest BCUT2D eigenvalue weighted by molar-refractivity contribution is 5.69. The molecular formula is C29H50O8. The van der Waals surface area contributed by atoms with Crippen molar-refractivity contribution >= 4 is 5.97 Å². The van der Waals surface area contributed by atoms with Crippen LogP contribution in [-0.2, 0) is 41.0 Å². The molecule has 0 unspecified atom stereocenters. The minimum absolute atomic E-state index is 0.0622. The molecule has 0 saturated heterocycles. The zero-order valence-corrected chi connectivity index (χ0v) is 24.0. The molecule has 3 N–H and O–H groups in total. The average Bonchev–Trinajstić information content (AvgIpc) is 2.81. The number of phenolic OH excluding ortho intramolecular Hbond substituents is 1. The molecule has 0 spiro atoms. The van der Waals surface area contributed by atoms with Gasteiger partial charge in [-0.15, -0.1) is 0 Å². The lowest BCUT2D eigenvalue weighted by atomic mass is 9.78. The first-order valence-corrected chi connectivity index (χ1v) is 13.3. The number of ether oxygens (including phenoxy) is 4. The predicted molar refractivity (Wildman–Crippen MR) is 144 cm³/mol. The molecule has 8 nitrogen and oxygen atoms in total. The molecular weight excluding hydrogens is 476 g/mol. The number of carbonyl (C=O) groups excluding carboxylic acids is 1. The fraction of sp³-hybridized carbons (Fsp3) is 0.759. The second-order valence-electron chi connectivity index (χ2n) is 11.7. The van der Waals surface area contributed by atoms with Crippen LogP contribution in [0.4, 0.5) is 0 Å². The standard InChI is InChI=1S/C29H50O8/c1-8-29(19-34-13-11-30,20-35-14-12-31)21-36-15-16-37-25(32)10-9-22-17-23(27(2,3)4)26(33)24(18-22)28(5,6)7/h17-18,30-31,33H,8-16,19-21H2,1-7H3. The number of aryl methyl sites for hydroxylation is 1. The van der Waals surface area contributed by atoms with Crippen LogP contribution in [0.2, 0.25) is 0 Å². The van der Waals surface area contributed by atoms with E-state index in [0.29, 0.717) is 32.0 Å². The van der Waals surface area contributed by atoms with Crippen molar-refractivity contribution in [3.63, 3.8) is 0 Å². The third kappa shape index (κ3) is 11.7. The van der Waals surface area contributed by atoms with Crippen molar-refractivity contribution in [3.8, 4) is 5.75 Å². The van der Waals surface area contributed by atoms with E-state index in [4.69, 9.17) is 29.2 Å². The summed E-state index contributed by atoms with van der Waals surface area (Å²) in [6.45, 7) is 16.2. The molecule has 8 heteroatoms. The normalized spacial score (nSPS) is 12.7. The number of phenols is 1. The summed E-state index contributed by atoms with van der Waals surface area (Å²) in [5.41, 5.74) is 1.89. The van der Waals surface area contributed by atoms with Gasteiger partial charge in [0, 0.05) is 11.8 Å². The van der Waals surface area contributed by atoms with Crippen LogP contribution in [0.1, 0.15) is 78.0 Å². The number of aliphatic hydroxyl groups is 2. The lowest BCUT2D eigenvalue weighted by molar-refractivity contribution is -0.146. The summed E-state index contributed by atoms with van der Waals surface area (Å²) in [5, 5.41) is 28.9. The van der Waals surface area contributed by atoms with E-state index >= 15 is 0 Å². The first kappa shape index (κ1) is 33.3. The third-order valence-corrected chi connectivity index (χ3v) is 6.34. The smallest absolute Gasteiger partial charge is 0.306 e. The Bertz CT molecular complexity index is 762. The molecule has 0 aliphatic rings. The summed E-state index contributed by atoms with van der Waals surface area (Å²) in [4.78, 5) is 12.4. The molecule has 0 aromatic heterocycles. The van der Waals surface area contributed by atoms with Gasteiger partial charge < -0.3 is 34.3 Å². The Morgan fingerprint density at radius 2 is 1.24 bits per heavy atom. The second-order valence-corrected chi connectivity index (χ2v) is 11.7. The van der Waals surface area contributed by atoms with Crippen LogP contribution in [0.25, 0.3) is 0 Å². The topological polar surface area (TPSA) is 115 Å². The summed E-state index contributed by atoms with van der Waals surface area (Å²) in [6, 6.07) is 3.98. The quantitative estimate of drug-likeness (QED) is 0.207. The maximum atomic E-state index is 12.4. The van der Waals surface area contributed by atoms with Gasteiger partial charge in [0.1, 0.15) is 12.4 Å². The monoisotopic (exact) mass is 526 g/mol. The number of hydrogen-bond donors (Lipinski definition) is 3. The van der Waals surface area contributed by atoms with Crippen molar-refractivity contribution < 1.29 is 39.1 Å². The van der Waals surface area contributed by atoms with Crippen LogP contribution < -0.4 is 0 Å². The third-order valence-electron chi connectivity index (χ3n) is 6.34. The molecule has 1 rings (SSSR count). The fourth-order valence-electron chi connectivity index (χ4n) is 3.94. The Hall–Kier alpha value is -1.71. The number of hydrogen-bond acceptors (Lipinski definition) is 8. The highest BCUT2D eigenvalue weighted by Gasteiger charge is 2.30. The molecule has 214 valence electrons. The molecule has 1 aromatic rings. The molecule has 0 aliphatic heterocycles. The van der Waals surface area contributed by atoms with Crippen LogP contribution >= 0.6 is 0 Å². The van der Waals surface area contributed by atoms with Gasteiger partial charge in [-0.05, 0) is 40.4 Å². The summed E-state index contributed by atoms with van der Waals surface area (Å²) < 4.78 is 22.2. The molecule has 0 radical (unpaired) electrons. The first-order chi connectivity index (χ1) is 17.3. The number of aliphatic hydroxyl groups excluding tert-OH is 2. The fourth-order valence-corrected chi connectivity index (χ4v) is 3.94. The Kier molecular flexibility index (Phi) is 14.1. The molecule has 37 heavy (non-hydrogen) atoms. The summed E-state index contributed by atoms with van der Waals surface area (Å²) in [5.74, 6) is 0.0285. The highest BCUT2D eigenvalue weighted by atomic mass is 16.6. The van der Waals surface area contributed by atoms with Crippen molar-refractivity contribution in [1.82, 2.24) is 0 Å². The van der Waals surface area contributed by atoms with Gasteiger partial charge in [0.05, 0.1) is 52.9 Å². The number of carbonyl (C=O) groups is 1. The molecule has 0 bridgehead atoms. The van der Waals surface area contributed by atoms with Crippen LogP contribution in [0.15, 0.2) is 12.1 Å². The summed E-state index contributed by atoms with van der Waals surface area (Å²) in [6.07, 6.45) is 1.49. The molecule has 1 aromatic carbocycles. The lowest BCUT2D eigenvalue weighted by Gasteiger charge is -2.32. The van der Waals surface area contributed by atoms with Crippen molar-refractivity contribution in [1.29, 1.82) is 0 Å². The summed E-state index contributed by atoms with van der Waals surface area (Å²) in [7, 11) is 0. The Morgan fingerprint density at radius 3 is 1.65 bits per heavy atom. The second kappa shape index (κ2) is 15.6. The molecule has 0 fully saturated rings. The zero-order valence-electron chi connectivity index (χ0n) is 24.0. The summed E-state index contributed by atoms with van der Waals surface area (Å²) >= 11 is 0. The van der Waals surface area contributed by atoms with Crippen molar-refractivity contribution in [3.05, 3.63) is 28.8 Å². The van der Waals surface area contributed by atoms with E-state index in [0.717, 1.165) is 23.1 Å². The minimum atomic E-state index is -0.414. The van der Waals surface area contributed by atoms with Gasteiger partial charge in [0.15, 0.2) is 0 Å². The first-order valence-electron chi connectivity index (χ1n) is 13.3. The minimum Gasteiger partial charge on any atom is -0.507 e. The Morgan fingerprint density at radius 1 is 0.784 bits per heavy atom. The van der Waals surface area contributed by atoms with E-state index in [2.05, 4.69) is 41.5 Å². The van der Waals surface area contributed by atoms with E-state index < -0.39 is 5.41 Å². The molecule has 0 heterocycles. The van der Waals surface area contributed by atoms with E-state index in [1.54, 1.807) is 0 Å². The maximum Gasteiger partial charge on any atom is 0.306 e. The maximum absolute atomic E-state index is 12.4. The number of esters is 1. The number of aromatic hydroxyl groups is 1. The van der Waals surface area contributed by atoms with Gasteiger partial charge >= 0.3 is 5.97 Å². The highest BCUT2D eigenvalue weighted by Crippen LogP contribution is 2.40. The van der Waals surface area contributed by atoms with Crippen LogP contribution in [0.3, 0.4) is 0 Å². The van der Waals surface area contributed by atoms with Crippen molar-refractivity contribution in [2.75, 3.05) is 59.5 Å². The van der Waals surface area contributed by atoms with Crippen molar-refractivity contribution in [2.24, 2.45) is 5.41 Å². The van der Waals surface area contributed by atoms with Gasteiger partial charge in [0.25, 0.3) is 0 Å². The lowest BCUT2D eigenvalue weighted by Crippen LogP contribution is -2.38. The number of benzene rings is 1. The van der Waals surface area contributed by atoms with E-state index in [1.807, 2.05) is 19.1 Å². The molecule has 0 aliphatic carbocycles. The van der Waals surface area contributed by atoms with Gasteiger partial charge in [0.2, 0.25) is 0 Å². The van der Waals surface area contributed by atoms with Crippen molar-refractivity contribution in [2.45, 2.75) is 78.6 Å². The van der Waals surface area contributed by atoms with Gasteiger partial charge in [-0.2, -0.15) is 0 Å².